The Morgan fingerprint density at radius 2 is 1.96 bits per heavy atom. The Labute approximate surface area is 141 Å². The zero-order valence-electron chi connectivity index (χ0n) is 13.2. The Kier molecular flexibility index (Phi) is 4.55. The van der Waals surface area contributed by atoms with Gasteiger partial charge in [0.1, 0.15) is 29.5 Å². The quantitative estimate of drug-likeness (QED) is 0.764. The number of imidazole rings is 1. The fourth-order valence-corrected chi connectivity index (χ4v) is 2.26. The number of halogens is 3. The molecule has 0 amide bonds. The highest BCUT2D eigenvalue weighted by Crippen LogP contribution is 2.26. The number of ether oxygens (including phenoxy) is 1. The van der Waals surface area contributed by atoms with Gasteiger partial charge in [-0.15, -0.1) is 13.2 Å². The summed E-state index contributed by atoms with van der Waals surface area (Å²) in [6, 6.07) is 7.62. The molecule has 0 aliphatic carbocycles. The third-order valence-corrected chi connectivity index (χ3v) is 3.38. The lowest BCUT2D eigenvalue weighted by Gasteiger charge is -2.14. The molecule has 0 bridgehead atoms. The number of nitrogens with zero attached hydrogens (tertiary/aromatic N) is 4. The second-order valence-electron chi connectivity index (χ2n) is 5.11. The average Bonchev–Trinajstić information content (AvgIpc) is 2.99. The van der Waals surface area contributed by atoms with Crippen LogP contribution >= 0.6 is 0 Å². The Bertz CT molecular complexity index is 863. The van der Waals surface area contributed by atoms with Gasteiger partial charge in [0.05, 0.1) is 0 Å². The van der Waals surface area contributed by atoms with Gasteiger partial charge in [0.25, 0.3) is 0 Å². The molecule has 6 nitrogen and oxygen atoms in total. The number of nitrogens with one attached hydrogen (secondary N) is 1. The fraction of sp³-hybridized carbons (Fsp3) is 0.188. The van der Waals surface area contributed by atoms with Crippen LogP contribution in [-0.2, 0) is 6.54 Å². The number of aromatic nitrogens is 4. The largest absolute Gasteiger partial charge is 0.573 e. The van der Waals surface area contributed by atoms with E-state index in [4.69, 9.17) is 0 Å². The standard InChI is InChI=1S/C16H14F3N5O/c1-11-20-6-7-24(11)15-8-14(22-10-23-15)21-9-12-4-2-3-5-13(12)25-16(17,18)19/h2-8,10H,9H2,1H3,(H,21,22,23). The van der Waals surface area contributed by atoms with Crippen molar-refractivity contribution in [1.82, 2.24) is 19.5 Å². The van der Waals surface area contributed by atoms with Crippen molar-refractivity contribution >= 4 is 5.82 Å². The monoisotopic (exact) mass is 349 g/mol. The Morgan fingerprint density at radius 1 is 1.16 bits per heavy atom. The van der Waals surface area contributed by atoms with Gasteiger partial charge in [0.15, 0.2) is 0 Å². The second-order valence-corrected chi connectivity index (χ2v) is 5.11. The van der Waals surface area contributed by atoms with E-state index in [0.717, 1.165) is 5.82 Å². The normalized spacial score (nSPS) is 11.4. The number of aryl methyl sites for hydroxylation is 1. The second kappa shape index (κ2) is 6.80. The van der Waals surface area contributed by atoms with Gasteiger partial charge in [0, 0.05) is 30.6 Å². The highest BCUT2D eigenvalue weighted by atomic mass is 19.4. The van der Waals surface area contributed by atoms with Gasteiger partial charge in [-0.25, -0.2) is 15.0 Å². The molecule has 0 radical (unpaired) electrons. The first-order valence-corrected chi connectivity index (χ1v) is 7.32. The molecule has 25 heavy (non-hydrogen) atoms. The number of hydrogen-bond acceptors (Lipinski definition) is 5. The van der Waals surface area contributed by atoms with E-state index >= 15 is 0 Å². The van der Waals surface area contributed by atoms with E-state index < -0.39 is 6.36 Å². The summed E-state index contributed by atoms with van der Waals surface area (Å²) in [4.78, 5) is 12.4. The summed E-state index contributed by atoms with van der Waals surface area (Å²) >= 11 is 0. The smallest absolute Gasteiger partial charge is 0.405 e. The zero-order chi connectivity index (χ0) is 17.9. The van der Waals surface area contributed by atoms with E-state index in [1.165, 1.54) is 18.5 Å². The molecule has 0 unspecified atom stereocenters. The van der Waals surface area contributed by atoms with Gasteiger partial charge < -0.3 is 10.1 Å². The molecular weight excluding hydrogens is 335 g/mol. The minimum absolute atomic E-state index is 0.117. The lowest BCUT2D eigenvalue weighted by molar-refractivity contribution is -0.274. The molecule has 0 saturated carbocycles. The van der Waals surface area contributed by atoms with E-state index in [0.29, 0.717) is 17.2 Å². The van der Waals surface area contributed by atoms with Crippen molar-refractivity contribution in [2.24, 2.45) is 0 Å². The molecular formula is C16H14F3N5O. The maximum atomic E-state index is 12.5. The van der Waals surface area contributed by atoms with Gasteiger partial charge in [0.2, 0.25) is 0 Å². The van der Waals surface area contributed by atoms with E-state index in [1.54, 1.807) is 35.2 Å². The van der Waals surface area contributed by atoms with E-state index in [-0.39, 0.29) is 12.3 Å². The molecule has 9 heteroatoms. The molecule has 0 atom stereocenters. The van der Waals surface area contributed by atoms with Crippen LogP contribution in [0.25, 0.3) is 5.82 Å². The first-order chi connectivity index (χ1) is 11.9. The van der Waals surface area contributed by atoms with Crippen LogP contribution in [-0.4, -0.2) is 25.9 Å². The maximum Gasteiger partial charge on any atom is 0.573 e. The summed E-state index contributed by atoms with van der Waals surface area (Å²) < 4.78 is 43.2. The molecule has 130 valence electrons. The zero-order valence-corrected chi connectivity index (χ0v) is 13.2. The van der Waals surface area contributed by atoms with Crippen molar-refractivity contribution in [2.75, 3.05) is 5.32 Å². The summed E-state index contributed by atoms with van der Waals surface area (Å²) in [7, 11) is 0. The summed E-state index contributed by atoms with van der Waals surface area (Å²) in [6.07, 6.45) is 0.0373. The van der Waals surface area contributed by atoms with Crippen molar-refractivity contribution in [3.05, 3.63) is 60.4 Å². The highest BCUT2D eigenvalue weighted by Gasteiger charge is 2.31. The lowest BCUT2D eigenvalue weighted by atomic mass is 10.2. The fourth-order valence-electron chi connectivity index (χ4n) is 2.26. The number of para-hydroxylation sites is 1. The molecule has 0 aliphatic rings. The molecule has 3 aromatic rings. The molecule has 3 rings (SSSR count). The van der Waals surface area contributed by atoms with E-state index in [9.17, 15) is 13.2 Å². The molecule has 0 fully saturated rings. The van der Waals surface area contributed by atoms with Crippen molar-refractivity contribution in [1.29, 1.82) is 0 Å². The Balaban J connectivity index is 1.76. The van der Waals surface area contributed by atoms with Crippen molar-refractivity contribution in [2.45, 2.75) is 19.8 Å². The van der Waals surface area contributed by atoms with Crippen molar-refractivity contribution in [3.8, 4) is 11.6 Å². The SMILES string of the molecule is Cc1nccn1-c1cc(NCc2ccccc2OC(F)(F)F)ncn1. The summed E-state index contributed by atoms with van der Waals surface area (Å²) in [5.41, 5.74) is 0.360. The van der Waals surface area contributed by atoms with Gasteiger partial charge in [-0.2, -0.15) is 0 Å². The number of alkyl halides is 3. The molecule has 2 heterocycles. The third kappa shape index (κ3) is 4.25. The molecule has 0 spiro atoms. The number of anilines is 1. The first-order valence-electron chi connectivity index (χ1n) is 7.32. The molecule has 1 aromatic carbocycles. The highest BCUT2D eigenvalue weighted by molar-refractivity contribution is 5.43. The van der Waals surface area contributed by atoms with Crippen molar-refractivity contribution in [3.63, 3.8) is 0 Å². The van der Waals surface area contributed by atoms with Gasteiger partial charge >= 0.3 is 6.36 Å². The van der Waals surface area contributed by atoms with Crippen LogP contribution in [0.2, 0.25) is 0 Å². The van der Waals surface area contributed by atoms with Crippen LogP contribution in [0.4, 0.5) is 19.0 Å². The van der Waals surface area contributed by atoms with Crippen LogP contribution in [0.1, 0.15) is 11.4 Å². The summed E-state index contributed by atoms with van der Waals surface area (Å²) in [5.74, 6) is 1.59. The Morgan fingerprint density at radius 3 is 2.68 bits per heavy atom. The minimum atomic E-state index is -4.74. The van der Waals surface area contributed by atoms with Crippen LogP contribution in [0.15, 0.2) is 49.1 Å². The third-order valence-electron chi connectivity index (χ3n) is 3.38. The Hall–Kier alpha value is -3.10. The molecule has 0 saturated heterocycles. The molecule has 1 N–H and O–H groups in total. The lowest BCUT2D eigenvalue weighted by Crippen LogP contribution is -2.18. The summed E-state index contributed by atoms with van der Waals surface area (Å²) in [5, 5.41) is 2.98. The van der Waals surface area contributed by atoms with Crippen molar-refractivity contribution < 1.29 is 17.9 Å². The van der Waals surface area contributed by atoms with E-state index in [1.807, 2.05) is 6.92 Å². The maximum absolute atomic E-state index is 12.5. The predicted octanol–water partition coefficient (Wildman–Crippen LogP) is 3.48. The minimum Gasteiger partial charge on any atom is -0.405 e. The van der Waals surface area contributed by atoms with Crippen LogP contribution in [0.3, 0.4) is 0 Å². The molecule has 0 aliphatic heterocycles. The molecule has 2 aromatic heterocycles. The number of hydrogen-bond donors (Lipinski definition) is 1. The number of benzene rings is 1. The van der Waals surface area contributed by atoms with Gasteiger partial charge in [-0.3, -0.25) is 4.57 Å². The van der Waals surface area contributed by atoms with Crippen LogP contribution in [0, 0.1) is 6.92 Å². The topological polar surface area (TPSA) is 64.9 Å². The van der Waals surface area contributed by atoms with Crippen LogP contribution < -0.4 is 10.1 Å². The average molecular weight is 349 g/mol. The first kappa shape index (κ1) is 16.7. The van der Waals surface area contributed by atoms with Gasteiger partial charge in [-0.1, -0.05) is 18.2 Å². The van der Waals surface area contributed by atoms with Crippen LogP contribution in [0.5, 0.6) is 5.75 Å². The number of rotatable bonds is 5. The van der Waals surface area contributed by atoms with Gasteiger partial charge in [-0.05, 0) is 13.0 Å². The summed E-state index contributed by atoms with van der Waals surface area (Å²) in [6.45, 7) is 1.95. The predicted molar refractivity (Wildman–Crippen MR) is 84.3 cm³/mol. The van der Waals surface area contributed by atoms with E-state index in [2.05, 4.69) is 25.0 Å².